The van der Waals surface area contributed by atoms with Gasteiger partial charge in [0.05, 0.1) is 24.0 Å². The van der Waals surface area contributed by atoms with Gasteiger partial charge in [-0.3, -0.25) is 4.98 Å². The summed E-state index contributed by atoms with van der Waals surface area (Å²) in [5.41, 5.74) is 1.70. The number of nitrogens with zero attached hydrogens (tertiary/aromatic N) is 3. The first-order valence-electron chi connectivity index (χ1n) is 8.18. The molecule has 2 N–H and O–H groups in total. The van der Waals surface area contributed by atoms with E-state index in [2.05, 4.69) is 27.5 Å². The van der Waals surface area contributed by atoms with E-state index in [1.807, 2.05) is 55.4 Å². The van der Waals surface area contributed by atoms with Crippen molar-refractivity contribution in [3.8, 4) is 0 Å². The topological polar surface area (TPSA) is 70.2 Å². The maximum absolute atomic E-state index is 12.2. The van der Waals surface area contributed by atoms with Crippen LogP contribution in [0, 0.1) is 0 Å². The minimum Gasteiger partial charge on any atom is -0.363 e. The van der Waals surface area contributed by atoms with E-state index in [4.69, 9.17) is 0 Å². The summed E-state index contributed by atoms with van der Waals surface area (Å²) >= 11 is 0. The van der Waals surface area contributed by atoms with E-state index >= 15 is 0 Å². The Bertz CT molecular complexity index is 645. The van der Waals surface area contributed by atoms with E-state index in [1.54, 1.807) is 6.20 Å². The molecule has 6 nitrogen and oxygen atoms in total. The van der Waals surface area contributed by atoms with E-state index in [0.717, 1.165) is 30.0 Å². The van der Waals surface area contributed by atoms with Crippen molar-refractivity contribution in [1.29, 1.82) is 0 Å². The Balaban J connectivity index is 1.93. The molecule has 128 valence electrons. The van der Waals surface area contributed by atoms with E-state index in [1.165, 1.54) is 0 Å². The molecule has 24 heavy (non-hydrogen) atoms. The zero-order chi connectivity index (χ0) is 17.4. The molecule has 0 aliphatic heterocycles. The van der Waals surface area contributed by atoms with E-state index < -0.39 is 0 Å². The fourth-order valence-electron chi connectivity index (χ4n) is 2.36. The SMILES string of the molecule is CCCC(NC(=O)NCc1cccc(N(C)C)n1)c1ccccn1. The number of hydrogen-bond donors (Lipinski definition) is 2. The summed E-state index contributed by atoms with van der Waals surface area (Å²) in [4.78, 5) is 23.0. The van der Waals surface area contributed by atoms with Crippen molar-refractivity contribution < 1.29 is 4.79 Å². The number of carbonyl (C=O) groups excluding carboxylic acids is 1. The lowest BCUT2D eigenvalue weighted by atomic mass is 10.1. The number of carbonyl (C=O) groups is 1. The first kappa shape index (κ1) is 17.7. The van der Waals surface area contributed by atoms with Gasteiger partial charge in [0.25, 0.3) is 0 Å². The molecule has 2 aromatic rings. The van der Waals surface area contributed by atoms with Crippen LogP contribution >= 0.6 is 0 Å². The van der Waals surface area contributed by atoms with Gasteiger partial charge in [0.2, 0.25) is 0 Å². The summed E-state index contributed by atoms with van der Waals surface area (Å²) in [5.74, 6) is 0.868. The molecule has 0 bridgehead atoms. The molecule has 1 atom stereocenters. The molecular formula is C18H25N5O. The summed E-state index contributed by atoms with van der Waals surface area (Å²) in [6.07, 6.45) is 3.56. The Labute approximate surface area is 143 Å². The highest BCUT2D eigenvalue weighted by molar-refractivity contribution is 5.74. The summed E-state index contributed by atoms with van der Waals surface area (Å²) in [6, 6.07) is 11.2. The summed E-state index contributed by atoms with van der Waals surface area (Å²) in [6.45, 7) is 2.47. The van der Waals surface area contributed by atoms with Crippen LogP contribution in [0.1, 0.15) is 37.2 Å². The smallest absolute Gasteiger partial charge is 0.315 e. The van der Waals surface area contributed by atoms with Crippen LogP contribution < -0.4 is 15.5 Å². The largest absolute Gasteiger partial charge is 0.363 e. The molecule has 2 amide bonds. The van der Waals surface area contributed by atoms with Gasteiger partial charge in [-0.05, 0) is 30.7 Å². The molecule has 0 radical (unpaired) electrons. The number of nitrogens with one attached hydrogen (secondary N) is 2. The summed E-state index contributed by atoms with van der Waals surface area (Å²) < 4.78 is 0. The van der Waals surface area contributed by atoms with E-state index in [9.17, 15) is 4.79 Å². The predicted octanol–water partition coefficient (Wildman–Crippen LogP) is 2.88. The number of urea groups is 1. The van der Waals surface area contributed by atoms with Crippen molar-refractivity contribution in [1.82, 2.24) is 20.6 Å². The van der Waals surface area contributed by atoms with E-state index in [-0.39, 0.29) is 12.1 Å². The van der Waals surface area contributed by atoms with Crippen LogP contribution in [0.2, 0.25) is 0 Å². The second-order valence-corrected chi connectivity index (χ2v) is 5.80. The first-order valence-corrected chi connectivity index (χ1v) is 8.18. The number of aromatic nitrogens is 2. The molecule has 0 aromatic carbocycles. The minimum absolute atomic E-state index is 0.0859. The van der Waals surface area contributed by atoms with Crippen molar-refractivity contribution in [2.45, 2.75) is 32.4 Å². The third-order valence-electron chi connectivity index (χ3n) is 3.61. The number of amides is 2. The van der Waals surface area contributed by atoms with Crippen LogP contribution in [-0.4, -0.2) is 30.1 Å². The Kier molecular flexibility index (Phi) is 6.54. The van der Waals surface area contributed by atoms with Crippen LogP contribution in [0.15, 0.2) is 42.6 Å². The highest BCUT2D eigenvalue weighted by Crippen LogP contribution is 2.15. The van der Waals surface area contributed by atoms with Crippen LogP contribution in [-0.2, 0) is 6.54 Å². The van der Waals surface area contributed by atoms with Gasteiger partial charge in [0.1, 0.15) is 5.82 Å². The van der Waals surface area contributed by atoms with Gasteiger partial charge in [-0.25, -0.2) is 9.78 Å². The lowest BCUT2D eigenvalue weighted by molar-refractivity contribution is 0.235. The van der Waals surface area contributed by atoms with Crippen LogP contribution in [0.3, 0.4) is 0 Å². The third kappa shape index (κ3) is 5.22. The molecule has 2 heterocycles. The Morgan fingerprint density at radius 3 is 2.71 bits per heavy atom. The summed E-state index contributed by atoms with van der Waals surface area (Å²) in [7, 11) is 3.88. The zero-order valence-electron chi connectivity index (χ0n) is 14.5. The van der Waals surface area contributed by atoms with Gasteiger partial charge < -0.3 is 15.5 Å². The molecule has 0 saturated carbocycles. The number of rotatable bonds is 7. The maximum atomic E-state index is 12.2. The second kappa shape index (κ2) is 8.86. The van der Waals surface area contributed by atoms with Gasteiger partial charge in [-0.1, -0.05) is 25.5 Å². The maximum Gasteiger partial charge on any atom is 0.315 e. The summed E-state index contributed by atoms with van der Waals surface area (Å²) in [5, 5.41) is 5.86. The van der Waals surface area contributed by atoms with Gasteiger partial charge >= 0.3 is 6.03 Å². The predicted molar refractivity (Wildman–Crippen MR) is 95.8 cm³/mol. The molecule has 2 rings (SSSR count). The molecule has 0 fully saturated rings. The highest BCUT2D eigenvalue weighted by atomic mass is 16.2. The second-order valence-electron chi connectivity index (χ2n) is 5.80. The van der Waals surface area contributed by atoms with Crippen LogP contribution in [0.4, 0.5) is 10.6 Å². The van der Waals surface area contributed by atoms with Gasteiger partial charge in [0.15, 0.2) is 0 Å². The fourth-order valence-corrected chi connectivity index (χ4v) is 2.36. The average Bonchev–Trinajstić information content (AvgIpc) is 2.60. The van der Waals surface area contributed by atoms with Crippen molar-refractivity contribution in [3.05, 3.63) is 54.0 Å². The Morgan fingerprint density at radius 1 is 1.21 bits per heavy atom. The Hall–Kier alpha value is -2.63. The normalized spacial score (nSPS) is 11.6. The zero-order valence-corrected chi connectivity index (χ0v) is 14.5. The van der Waals surface area contributed by atoms with Gasteiger partial charge in [-0.2, -0.15) is 0 Å². The van der Waals surface area contributed by atoms with Crippen LogP contribution in [0.5, 0.6) is 0 Å². The van der Waals surface area contributed by atoms with E-state index in [0.29, 0.717) is 6.54 Å². The minimum atomic E-state index is -0.212. The van der Waals surface area contributed by atoms with Gasteiger partial charge in [-0.15, -0.1) is 0 Å². The number of pyridine rings is 2. The number of hydrogen-bond acceptors (Lipinski definition) is 4. The van der Waals surface area contributed by atoms with Crippen molar-refractivity contribution in [2.24, 2.45) is 0 Å². The highest BCUT2D eigenvalue weighted by Gasteiger charge is 2.14. The lowest BCUT2D eigenvalue weighted by Crippen LogP contribution is -2.38. The molecular weight excluding hydrogens is 302 g/mol. The molecule has 0 aliphatic rings. The van der Waals surface area contributed by atoms with Crippen molar-refractivity contribution in [2.75, 3.05) is 19.0 Å². The quantitative estimate of drug-likeness (QED) is 0.820. The molecule has 0 aliphatic carbocycles. The van der Waals surface area contributed by atoms with Gasteiger partial charge in [0, 0.05) is 20.3 Å². The number of anilines is 1. The third-order valence-corrected chi connectivity index (χ3v) is 3.61. The molecule has 6 heteroatoms. The average molecular weight is 327 g/mol. The standard InChI is InChI=1S/C18H25N5O/c1-4-8-16(15-10-5-6-12-19-15)22-18(24)20-13-14-9-7-11-17(21-14)23(2)3/h5-7,9-12,16H,4,8,13H2,1-3H3,(H2,20,22,24). The molecule has 2 aromatic heterocycles. The van der Waals surface area contributed by atoms with Crippen molar-refractivity contribution >= 4 is 11.8 Å². The first-order chi connectivity index (χ1) is 11.6. The molecule has 0 spiro atoms. The van der Waals surface area contributed by atoms with Crippen LogP contribution in [0.25, 0.3) is 0 Å². The monoisotopic (exact) mass is 327 g/mol. The fraction of sp³-hybridized carbons (Fsp3) is 0.389. The molecule has 0 saturated heterocycles. The Morgan fingerprint density at radius 2 is 2.04 bits per heavy atom. The molecule has 1 unspecified atom stereocenters. The van der Waals surface area contributed by atoms with Crippen molar-refractivity contribution in [3.63, 3.8) is 0 Å². The lowest BCUT2D eigenvalue weighted by Gasteiger charge is -2.18.